The van der Waals surface area contributed by atoms with Crippen molar-refractivity contribution in [1.82, 2.24) is 10.3 Å². The van der Waals surface area contributed by atoms with E-state index in [-0.39, 0.29) is 14.5 Å². The van der Waals surface area contributed by atoms with Crippen LogP contribution in [0.2, 0.25) is 0 Å². The van der Waals surface area contributed by atoms with Crippen LogP contribution in [-0.2, 0) is 11.4 Å². The summed E-state index contributed by atoms with van der Waals surface area (Å²) in [6.45, 7) is 3.71. The molecule has 4 N–H and O–H groups in total. The van der Waals surface area contributed by atoms with Gasteiger partial charge in [0.2, 0.25) is 0 Å². The number of carbonyl (C=O) groups excluding carboxylic acids is 2. The molecule has 0 fully saturated rings. The van der Waals surface area contributed by atoms with Gasteiger partial charge in [-0.2, -0.15) is 0 Å². The Balaban J connectivity index is 1.85. The quantitative estimate of drug-likeness (QED) is 0.465. The van der Waals surface area contributed by atoms with E-state index in [9.17, 15) is 14.7 Å². The Morgan fingerprint density at radius 1 is 1.41 bits per heavy atom. The number of benzene rings is 1. The fourth-order valence-corrected chi connectivity index (χ4v) is 5.53. The van der Waals surface area contributed by atoms with E-state index in [4.69, 9.17) is 10.5 Å². The van der Waals surface area contributed by atoms with Crippen LogP contribution in [0, 0.1) is 13.8 Å². The second-order valence-electron chi connectivity index (χ2n) is 5.94. The predicted octanol–water partition coefficient (Wildman–Crippen LogP) is 1.13. The second kappa shape index (κ2) is 8.22. The van der Waals surface area contributed by atoms with Crippen molar-refractivity contribution in [2.45, 2.75) is 26.5 Å². The molecule has 9 heteroatoms. The summed E-state index contributed by atoms with van der Waals surface area (Å²) >= 11 is 1.60. The molecule has 2 heterocycles. The molecule has 27 heavy (non-hydrogen) atoms. The molecule has 2 aromatic heterocycles. The van der Waals surface area contributed by atoms with Crippen LogP contribution in [0.3, 0.4) is 0 Å². The van der Waals surface area contributed by atoms with Crippen molar-refractivity contribution in [2.24, 2.45) is 5.73 Å². The van der Waals surface area contributed by atoms with Crippen LogP contribution in [0.1, 0.15) is 24.7 Å². The first-order valence-corrected chi connectivity index (χ1v) is 10.7. The molecule has 0 radical (unpaired) electrons. The Bertz CT molecular complexity index is 998. The Morgan fingerprint density at radius 3 is 2.81 bits per heavy atom. The first-order valence-electron chi connectivity index (χ1n) is 8.17. The van der Waals surface area contributed by atoms with Gasteiger partial charge in [-0.3, -0.25) is 0 Å². The van der Waals surface area contributed by atoms with Crippen molar-refractivity contribution in [2.75, 3.05) is 6.61 Å². The number of carbonyl (C=O) groups is 2. The average Bonchev–Trinajstić information content (AvgIpc) is 3.19. The van der Waals surface area contributed by atoms with Crippen molar-refractivity contribution >= 4 is 47.3 Å². The summed E-state index contributed by atoms with van der Waals surface area (Å²) in [7, 11) is 0. The standard InChI is InChI=1S/C18H19N3O4SSe/c1-9-16(18(24)21-14(7-22)17(19)23)13-5-11(3-4-15(13)27-9)25-8-12-6-20-10(2)26-12/h3-6,14,22H,7-8H2,1-2H3,(H2,19,23)(H,21,24)/t14-/m0/s1. The van der Waals surface area contributed by atoms with Gasteiger partial charge < -0.3 is 0 Å². The number of aliphatic hydroxyl groups is 1. The van der Waals surface area contributed by atoms with Gasteiger partial charge in [-0.1, -0.05) is 0 Å². The van der Waals surface area contributed by atoms with Crippen molar-refractivity contribution in [3.8, 4) is 5.75 Å². The molecule has 3 rings (SSSR count). The number of nitrogens with zero attached hydrogens (tertiary/aromatic N) is 1. The summed E-state index contributed by atoms with van der Waals surface area (Å²) in [6, 6.07) is 4.59. The molecule has 0 unspecified atom stereocenters. The molecule has 0 aliphatic rings. The first kappa shape index (κ1) is 19.6. The van der Waals surface area contributed by atoms with Crippen LogP contribution < -0.4 is 15.8 Å². The molecule has 0 bridgehead atoms. The molecule has 142 valence electrons. The third kappa shape index (κ3) is 4.39. The molecule has 1 atom stereocenters. The number of primary amides is 1. The van der Waals surface area contributed by atoms with Gasteiger partial charge in [-0.15, -0.1) is 0 Å². The van der Waals surface area contributed by atoms with E-state index in [1.807, 2.05) is 32.0 Å². The second-order valence-corrected chi connectivity index (χ2v) is 9.89. The molecule has 1 aromatic carbocycles. The van der Waals surface area contributed by atoms with E-state index in [2.05, 4.69) is 10.3 Å². The number of nitrogens with one attached hydrogen (secondary N) is 1. The van der Waals surface area contributed by atoms with Gasteiger partial charge in [-0.05, 0) is 0 Å². The molecule has 3 aromatic rings. The predicted molar refractivity (Wildman–Crippen MR) is 104 cm³/mol. The Hall–Kier alpha value is -2.19. The van der Waals surface area contributed by atoms with E-state index in [1.54, 1.807) is 17.5 Å². The summed E-state index contributed by atoms with van der Waals surface area (Å²) in [5.74, 6) is -0.532. The molecule has 0 saturated carbocycles. The van der Waals surface area contributed by atoms with E-state index < -0.39 is 24.5 Å². The SMILES string of the molecule is Cc1ncc(COc2ccc3[se]c(C)c(C(=O)N[C@@H](CO)C(N)=O)c3c2)s1. The van der Waals surface area contributed by atoms with E-state index in [1.165, 1.54) is 0 Å². The van der Waals surface area contributed by atoms with Gasteiger partial charge in [0.1, 0.15) is 0 Å². The molecule has 0 aliphatic carbocycles. The maximum absolute atomic E-state index is 12.7. The van der Waals surface area contributed by atoms with Crippen LogP contribution in [0.25, 0.3) is 9.65 Å². The minimum absolute atomic E-state index is 0.0246. The van der Waals surface area contributed by atoms with Gasteiger partial charge in [0.15, 0.2) is 0 Å². The third-order valence-corrected chi connectivity index (χ3v) is 7.11. The van der Waals surface area contributed by atoms with Gasteiger partial charge in [0.05, 0.1) is 0 Å². The molecule has 7 nitrogen and oxygen atoms in total. The summed E-state index contributed by atoms with van der Waals surface area (Å²) in [5, 5.41) is 13.5. The number of thiazole rings is 1. The number of ether oxygens (including phenoxy) is 1. The normalized spacial score (nSPS) is 12.1. The number of hydrogen-bond donors (Lipinski definition) is 3. The summed E-state index contributed by atoms with van der Waals surface area (Å²) in [6.07, 6.45) is 1.79. The van der Waals surface area contributed by atoms with E-state index >= 15 is 0 Å². The fourth-order valence-electron chi connectivity index (χ4n) is 2.63. The van der Waals surface area contributed by atoms with E-state index in [0.29, 0.717) is 17.9 Å². The molecule has 2 amide bonds. The zero-order chi connectivity index (χ0) is 19.6. The summed E-state index contributed by atoms with van der Waals surface area (Å²) < 4.78 is 7.87. The first-order chi connectivity index (χ1) is 12.9. The Morgan fingerprint density at radius 2 is 2.19 bits per heavy atom. The monoisotopic (exact) mass is 453 g/mol. The number of aromatic nitrogens is 1. The number of amides is 2. The van der Waals surface area contributed by atoms with Crippen molar-refractivity contribution in [1.29, 1.82) is 0 Å². The summed E-state index contributed by atoms with van der Waals surface area (Å²) in [5.41, 5.74) is 5.71. The zero-order valence-corrected chi connectivity index (χ0v) is 17.3. The number of fused-ring (bicyclic) bond motifs is 1. The van der Waals surface area contributed by atoms with Gasteiger partial charge >= 0.3 is 166 Å². The minimum atomic E-state index is -1.11. The molecular weight excluding hydrogens is 433 g/mol. The van der Waals surface area contributed by atoms with E-state index in [0.717, 1.165) is 24.0 Å². The van der Waals surface area contributed by atoms with Crippen molar-refractivity contribution < 1.29 is 19.4 Å². The van der Waals surface area contributed by atoms with Crippen LogP contribution in [0.5, 0.6) is 5.75 Å². The zero-order valence-electron chi connectivity index (χ0n) is 14.8. The van der Waals surface area contributed by atoms with Crippen molar-refractivity contribution in [3.05, 3.63) is 44.3 Å². The topological polar surface area (TPSA) is 115 Å². The van der Waals surface area contributed by atoms with Crippen molar-refractivity contribution in [3.63, 3.8) is 0 Å². The van der Waals surface area contributed by atoms with Crippen LogP contribution in [-0.4, -0.2) is 49.1 Å². The molecular formula is C18H19N3O4SSe. The number of aliphatic hydroxyl groups excluding tert-OH is 1. The Kier molecular flexibility index (Phi) is 5.96. The van der Waals surface area contributed by atoms with Crippen LogP contribution in [0.15, 0.2) is 24.4 Å². The van der Waals surface area contributed by atoms with Crippen LogP contribution in [0.4, 0.5) is 0 Å². The molecule has 0 spiro atoms. The maximum atomic E-state index is 12.7. The Labute approximate surface area is 165 Å². The number of aryl methyl sites for hydroxylation is 2. The fraction of sp³-hybridized carbons (Fsp3) is 0.278. The third-order valence-electron chi connectivity index (χ3n) is 3.94. The van der Waals surface area contributed by atoms with Gasteiger partial charge in [0.25, 0.3) is 0 Å². The van der Waals surface area contributed by atoms with Gasteiger partial charge in [-0.25, -0.2) is 0 Å². The van der Waals surface area contributed by atoms with Crippen LogP contribution >= 0.6 is 11.3 Å². The molecule has 0 saturated heterocycles. The molecule has 0 aliphatic heterocycles. The number of nitrogens with two attached hydrogens (primary N) is 1. The number of hydrogen-bond acceptors (Lipinski definition) is 6. The average molecular weight is 452 g/mol. The number of rotatable bonds is 7. The summed E-state index contributed by atoms with van der Waals surface area (Å²) in [4.78, 5) is 29.2. The van der Waals surface area contributed by atoms with Gasteiger partial charge in [0, 0.05) is 0 Å².